The molecule has 0 atom stereocenters. The summed E-state index contributed by atoms with van der Waals surface area (Å²) in [5.74, 6) is 0.229. The molecule has 2 N–H and O–H groups in total. The number of rotatable bonds is 11. The fraction of sp³-hybridized carbons (Fsp3) is 0.286. The first-order valence-corrected chi connectivity index (χ1v) is 10.9. The highest BCUT2D eigenvalue weighted by Crippen LogP contribution is 2.27. The van der Waals surface area contributed by atoms with E-state index in [1.165, 1.54) is 11.3 Å². The van der Waals surface area contributed by atoms with Gasteiger partial charge in [-0.3, -0.25) is 9.59 Å². The monoisotopic (exact) mass is 462 g/mol. The highest BCUT2D eigenvalue weighted by atomic mass is 35.5. The van der Waals surface area contributed by atoms with Crippen LogP contribution in [-0.2, 0) is 16.1 Å². The molecule has 0 saturated heterocycles. The molecule has 8 nitrogen and oxygen atoms in total. The second-order valence-corrected chi connectivity index (χ2v) is 7.80. The number of aromatic nitrogens is 1. The van der Waals surface area contributed by atoms with Crippen LogP contribution in [0, 0.1) is 0 Å². The number of nitrogens with zero attached hydrogens (tertiary/aromatic N) is 2. The zero-order chi connectivity index (χ0) is 22.1. The van der Waals surface area contributed by atoms with Crippen LogP contribution in [0.15, 0.2) is 52.5 Å². The van der Waals surface area contributed by atoms with Gasteiger partial charge in [-0.15, -0.1) is 11.3 Å². The van der Waals surface area contributed by atoms with Crippen molar-refractivity contribution < 1.29 is 18.7 Å². The largest absolute Gasteiger partial charge is 0.467 e. The van der Waals surface area contributed by atoms with E-state index >= 15 is 0 Å². The van der Waals surface area contributed by atoms with Crippen LogP contribution in [-0.4, -0.2) is 48.5 Å². The van der Waals surface area contributed by atoms with Crippen LogP contribution < -0.4 is 10.6 Å². The van der Waals surface area contributed by atoms with Crippen LogP contribution in [0.1, 0.15) is 22.7 Å². The minimum absolute atomic E-state index is 0.158. The minimum Gasteiger partial charge on any atom is -0.467 e. The van der Waals surface area contributed by atoms with Crippen molar-refractivity contribution in [2.45, 2.75) is 13.0 Å². The lowest BCUT2D eigenvalue weighted by Gasteiger charge is -2.21. The lowest BCUT2D eigenvalue weighted by Crippen LogP contribution is -2.37. The number of ether oxygens (including phenoxy) is 1. The molecule has 0 aliphatic carbocycles. The molecule has 0 fully saturated rings. The Balaban J connectivity index is 1.58. The third kappa shape index (κ3) is 6.81. The van der Waals surface area contributed by atoms with E-state index in [4.69, 9.17) is 20.8 Å². The quantitative estimate of drug-likeness (QED) is 0.448. The fourth-order valence-corrected chi connectivity index (χ4v) is 3.59. The molecule has 0 unspecified atom stereocenters. The number of furan rings is 1. The lowest BCUT2D eigenvalue weighted by molar-refractivity contribution is -0.121. The summed E-state index contributed by atoms with van der Waals surface area (Å²) in [7, 11) is 1.56. The maximum Gasteiger partial charge on any atom is 0.273 e. The zero-order valence-corrected chi connectivity index (χ0v) is 18.5. The van der Waals surface area contributed by atoms with Crippen molar-refractivity contribution in [3.8, 4) is 0 Å². The summed E-state index contributed by atoms with van der Waals surface area (Å²) in [6, 6.07) is 10.8. The van der Waals surface area contributed by atoms with Crippen molar-refractivity contribution in [3.05, 3.63) is 64.5 Å². The molecule has 3 rings (SSSR count). The highest BCUT2D eigenvalue weighted by Gasteiger charge is 2.20. The number of thiazole rings is 1. The van der Waals surface area contributed by atoms with Gasteiger partial charge in [-0.05, 0) is 24.3 Å². The predicted molar refractivity (Wildman–Crippen MR) is 120 cm³/mol. The number of amides is 2. The number of hydrogen-bond donors (Lipinski definition) is 2. The normalized spacial score (nSPS) is 10.6. The summed E-state index contributed by atoms with van der Waals surface area (Å²) < 4.78 is 10.3. The maximum absolute atomic E-state index is 13.0. The van der Waals surface area contributed by atoms with Crippen molar-refractivity contribution in [1.29, 1.82) is 0 Å². The standard InChI is InChI=1S/C21H23ClN4O4S/c1-29-12-10-26(9-8-19(27)23-13-15-5-4-11-30-15)20(28)18-14-31-21(25-18)24-17-7-3-2-6-16(17)22/h2-7,11,14H,8-10,12-13H2,1H3,(H,23,27)(H,24,25). The lowest BCUT2D eigenvalue weighted by atomic mass is 10.3. The highest BCUT2D eigenvalue weighted by molar-refractivity contribution is 7.14. The van der Waals surface area contributed by atoms with E-state index in [9.17, 15) is 9.59 Å². The van der Waals surface area contributed by atoms with E-state index in [0.717, 1.165) is 0 Å². The number of nitrogens with one attached hydrogen (secondary N) is 2. The Hall–Kier alpha value is -2.88. The molecule has 0 spiro atoms. The Morgan fingerprint density at radius 3 is 2.81 bits per heavy atom. The van der Waals surface area contributed by atoms with Crippen molar-refractivity contribution in [3.63, 3.8) is 0 Å². The third-order valence-corrected chi connectivity index (χ3v) is 5.43. The first-order valence-electron chi connectivity index (χ1n) is 9.61. The van der Waals surface area contributed by atoms with E-state index in [2.05, 4.69) is 15.6 Å². The predicted octanol–water partition coefficient (Wildman–Crippen LogP) is 3.93. The molecule has 0 aliphatic rings. The summed E-state index contributed by atoms with van der Waals surface area (Å²) in [6.07, 6.45) is 1.71. The van der Waals surface area contributed by atoms with E-state index in [0.29, 0.717) is 47.0 Å². The topological polar surface area (TPSA) is 96.7 Å². The smallest absolute Gasteiger partial charge is 0.273 e. The van der Waals surface area contributed by atoms with Crippen molar-refractivity contribution in [2.24, 2.45) is 0 Å². The maximum atomic E-state index is 13.0. The number of hydrogen-bond acceptors (Lipinski definition) is 7. The van der Waals surface area contributed by atoms with Crippen LogP contribution in [0.5, 0.6) is 0 Å². The van der Waals surface area contributed by atoms with Crippen LogP contribution in [0.25, 0.3) is 0 Å². The van der Waals surface area contributed by atoms with E-state index in [1.807, 2.05) is 18.2 Å². The number of methoxy groups -OCH3 is 1. The fourth-order valence-electron chi connectivity index (χ4n) is 2.71. The first kappa shape index (κ1) is 22.8. The van der Waals surface area contributed by atoms with E-state index in [1.54, 1.807) is 41.9 Å². The third-order valence-electron chi connectivity index (χ3n) is 4.34. The summed E-state index contributed by atoms with van der Waals surface area (Å²) >= 11 is 7.47. The molecule has 164 valence electrons. The Labute approximate surface area is 189 Å². The summed E-state index contributed by atoms with van der Waals surface area (Å²) in [4.78, 5) is 31.0. The molecule has 0 aliphatic heterocycles. The van der Waals surface area contributed by atoms with Gasteiger partial charge in [0.1, 0.15) is 11.5 Å². The van der Waals surface area contributed by atoms with E-state index in [-0.39, 0.29) is 24.8 Å². The summed E-state index contributed by atoms with van der Waals surface area (Å²) in [5, 5.41) is 8.69. The molecule has 10 heteroatoms. The second-order valence-electron chi connectivity index (χ2n) is 6.53. The van der Waals surface area contributed by atoms with Gasteiger partial charge in [0, 0.05) is 32.0 Å². The van der Waals surface area contributed by atoms with Crippen LogP contribution in [0.2, 0.25) is 5.02 Å². The first-order chi connectivity index (χ1) is 15.1. The molecule has 0 radical (unpaired) electrons. The Morgan fingerprint density at radius 2 is 2.06 bits per heavy atom. The number of anilines is 2. The minimum atomic E-state index is -0.264. The van der Waals surface area contributed by atoms with Crippen LogP contribution >= 0.6 is 22.9 Å². The van der Waals surface area contributed by atoms with Gasteiger partial charge in [-0.1, -0.05) is 23.7 Å². The zero-order valence-electron chi connectivity index (χ0n) is 17.0. The van der Waals surface area contributed by atoms with Gasteiger partial charge in [0.25, 0.3) is 5.91 Å². The molecule has 0 bridgehead atoms. The molecular weight excluding hydrogens is 440 g/mol. The summed E-state index contributed by atoms with van der Waals surface area (Å²) in [6.45, 7) is 1.26. The Morgan fingerprint density at radius 1 is 1.23 bits per heavy atom. The van der Waals surface area contributed by atoms with Gasteiger partial charge in [0.2, 0.25) is 5.91 Å². The van der Waals surface area contributed by atoms with Gasteiger partial charge in [0.15, 0.2) is 5.13 Å². The number of carbonyl (C=O) groups is 2. The SMILES string of the molecule is COCCN(CCC(=O)NCc1ccco1)C(=O)c1csc(Nc2ccccc2Cl)n1. The number of carbonyl (C=O) groups excluding carboxylic acids is 2. The van der Waals surface area contributed by atoms with Crippen molar-refractivity contribution in [1.82, 2.24) is 15.2 Å². The van der Waals surface area contributed by atoms with Gasteiger partial charge in [0.05, 0.1) is 30.1 Å². The average Bonchev–Trinajstić information content (AvgIpc) is 3.46. The average molecular weight is 463 g/mol. The molecular formula is C21H23ClN4O4S. The number of benzene rings is 1. The molecule has 2 heterocycles. The van der Waals surface area contributed by atoms with Crippen molar-refractivity contribution >= 4 is 45.6 Å². The molecule has 2 amide bonds. The Bertz CT molecular complexity index is 993. The van der Waals surface area contributed by atoms with Crippen LogP contribution in [0.3, 0.4) is 0 Å². The van der Waals surface area contributed by atoms with Crippen molar-refractivity contribution in [2.75, 3.05) is 32.1 Å². The van der Waals surface area contributed by atoms with Gasteiger partial charge >= 0.3 is 0 Å². The van der Waals surface area contributed by atoms with Gasteiger partial charge in [-0.2, -0.15) is 0 Å². The number of halogens is 1. The number of para-hydroxylation sites is 1. The van der Waals surface area contributed by atoms with E-state index < -0.39 is 0 Å². The van der Waals surface area contributed by atoms with Gasteiger partial charge in [-0.25, -0.2) is 4.98 Å². The summed E-state index contributed by atoms with van der Waals surface area (Å²) in [5.41, 5.74) is 1.01. The Kier molecular flexibility index (Phi) is 8.45. The molecule has 2 aromatic heterocycles. The molecule has 31 heavy (non-hydrogen) atoms. The van der Waals surface area contributed by atoms with Crippen LogP contribution in [0.4, 0.5) is 10.8 Å². The molecule has 3 aromatic rings. The van der Waals surface area contributed by atoms with Gasteiger partial charge < -0.3 is 24.7 Å². The molecule has 0 saturated carbocycles. The second kappa shape index (κ2) is 11.5. The molecule has 1 aromatic carbocycles.